The molecule has 26 heavy (non-hydrogen) atoms. The summed E-state index contributed by atoms with van der Waals surface area (Å²) in [6, 6.07) is 4.25. The van der Waals surface area contributed by atoms with Crippen LogP contribution in [0.1, 0.15) is 12.5 Å². The van der Waals surface area contributed by atoms with E-state index in [2.05, 4.69) is 4.90 Å². The minimum atomic E-state index is -0.361. The molecule has 2 amide bonds. The van der Waals surface area contributed by atoms with Crippen molar-refractivity contribution in [3.8, 4) is 5.75 Å². The van der Waals surface area contributed by atoms with Crippen LogP contribution in [0.4, 0.5) is 4.39 Å². The van der Waals surface area contributed by atoms with Crippen LogP contribution in [0.25, 0.3) is 0 Å². The van der Waals surface area contributed by atoms with Crippen LogP contribution in [0.3, 0.4) is 0 Å². The van der Waals surface area contributed by atoms with Crippen molar-refractivity contribution in [2.75, 3.05) is 52.9 Å². The van der Waals surface area contributed by atoms with Crippen molar-refractivity contribution in [2.45, 2.75) is 13.3 Å². The second kappa shape index (κ2) is 8.03. The van der Waals surface area contributed by atoms with Crippen LogP contribution in [0, 0.1) is 11.7 Å². The number of amides is 2. The van der Waals surface area contributed by atoms with E-state index in [0.717, 1.165) is 45.8 Å². The Morgan fingerprint density at radius 1 is 1.15 bits per heavy atom. The van der Waals surface area contributed by atoms with Crippen LogP contribution in [-0.2, 0) is 16.0 Å². The minimum absolute atomic E-state index is 0.00606. The van der Waals surface area contributed by atoms with Gasteiger partial charge in [0.1, 0.15) is 11.6 Å². The number of rotatable bonds is 5. The molecule has 2 saturated heterocycles. The van der Waals surface area contributed by atoms with Gasteiger partial charge in [-0.25, -0.2) is 4.39 Å². The lowest BCUT2D eigenvalue weighted by atomic mass is 9.97. The van der Waals surface area contributed by atoms with Crippen LogP contribution in [-0.4, -0.2) is 79.4 Å². The molecule has 0 aromatic heterocycles. The molecule has 0 aliphatic carbocycles. The minimum Gasteiger partial charge on any atom is -0.496 e. The lowest BCUT2D eigenvalue weighted by Crippen LogP contribution is -2.56. The fraction of sp³-hybridized carbons (Fsp3) is 0.579. The Bertz CT molecular complexity index is 668. The molecule has 0 saturated carbocycles. The number of nitrogens with zero attached hydrogens (tertiary/aromatic N) is 3. The van der Waals surface area contributed by atoms with Crippen LogP contribution >= 0.6 is 0 Å². The first-order valence-electron chi connectivity index (χ1n) is 9.04. The van der Waals surface area contributed by atoms with Crippen LogP contribution < -0.4 is 4.74 Å². The van der Waals surface area contributed by atoms with Gasteiger partial charge in [-0.1, -0.05) is 0 Å². The molecule has 7 heteroatoms. The zero-order chi connectivity index (χ0) is 18.7. The summed E-state index contributed by atoms with van der Waals surface area (Å²) in [6.45, 7) is 7.40. The topological polar surface area (TPSA) is 53.1 Å². The fourth-order valence-electron chi connectivity index (χ4n) is 3.66. The average molecular weight is 363 g/mol. The summed E-state index contributed by atoms with van der Waals surface area (Å²) in [4.78, 5) is 29.8. The van der Waals surface area contributed by atoms with Crippen molar-refractivity contribution in [2.24, 2.45) is 5.92 Å². The predicted octanol–water partition coefficient (Wildman–Crippen LogP) is 0.999. The molecule has 2 heterocycles. The molecular formula is C19H26FN3O3. The number of ether oxygens (including phenoxy) is 1. The first-order valence-corrected chi connectivity index (χ1v) is 9.04. The number of carbonyl (C=O) groups excluding carboxylic acids is 2. The summed E-state index contributed by atoms with van der Waals surface area (Å²) in [6.07, 6.45) is 0.158. The van der Waals surface area contributed by atoms with Crippen molar-refractivity contribution in [1.82, 2.24) is 14.7 Å². The lowest BCUT2D eigenvalue weighted by molar-refractivity contribution is -0.138. The highest BCUT2D eigenvalue weighted by atomic mass is 19.1. The molecule has 142 valence electrons. The van der Waals surface area contributed by atoms with Crippen LogP contribution in [0.5, 0.6) is 5.75 Å². The van der Waals surface area contributed by atoms with Gasteiger partial charge in [0.15, 0.2) is 0 Å². The van der Waals surface area contributed by atoms with Gasteiger partial charge in [-0.2, -0.15) is 0 Å². The van der Waals surface area contributed by atoms with Crippen molar-refractivity contribution in [1.29, 1.82) is 0 Å². The fourth-order valence-corrected chi connectivity index (χ4v) is 3.66. The molecule has 0 atom stereocenters. The van der Waals surface area contributed by atoms with Gasteiger partial charge >= 0.3 is 0 Å². The average Bonchev–Trinajstić information content (AvgIpc) is 2.58. The molecule has 2 fully saturated rings. The number of benzene rings is 1. The molecule has 2 aliphatic rings. The zero-order valence-corrected chi connectivity index (χ0v) is 15.4. The summed E-state index contributed by atoms with van der Waals surface area (Å²) in [5, 5.41) is 0. The molecule has 0 unspecified atom stereocenters. The first kappa shape index (κ1) is 18.6. The number of carbonyl (C=O) groups is 2. The molecule has 0 N–H and O–H groups in total. The van der Waals surface area contributed by atoms with E-state index >= 15 is 0 Å². The third-order valence-electron chi connectivity index (χ3n) is 5.23. The largest absolute Gasteiger partial charge is 0.496 e. The molecule has 1 aromatic rings. The number of halogens is 1. The van der Waals surface area contributed by atoms with Gasteiger partial charge in [0, 0.05) is 64.2 Å². The maximum atomic E-state index is 13.4. The molecule has 2 aliphatic heterocycles. The zero-order valence-electron chi connectivity index (χ0n) is 15.4. The number of likely N-dealkylation sites (tertiary alicyclic amines) is 1. The Kier molecular flexibility index (Phi) is 5.76. The first-order chi connectivity index (χ1) is 12.5. The van der Waals surface area contributed by atoms with E-state index in [9.17, 15) is 14.0 Å². The summed E-state index contributed by atoms with van der Waals surface area (Å²) in [7, 11) is 1.52. The summed E-state index contributed by atoms with van der Waals surface area (Å²) in [5.74, 6) is 0.793. The van der Waals surface area contributed by atoms with Gasteiger partial charge in [-0.05, 0) is 18.2 Å². The van der Waals surface area contributed by atoms with Gasteiger partial charge in [0.25, 0.3) is 0 Å². The number of hydrogen-bond acceptors (Lipinski definition) is 4. The van der Waals surface area contributed by atoms with Gasteiger partial charge in [0.2, 0.25) is 11.8 Å². The Labute approximate surface area is 153 Å². The van der Waals surface area contributed by atoms with Crippen molar-refractivity contribution < 1.29 is 18.7 Å². The van der Waals surface area contributed by atoms with E-state index in [0.29, 0.717) is 17.2 Å². The highest BCUT2D eigenvalue weighted by Crippen LogP contribution is 2.23. The van der Waals surface area contributed by atoms with Gasteiger partial charge in [-0.15, -0.1) is 0 Å². The normalized spacial score (nSPS) is 18.6. The Hall–Kier alpha value is -2.15. The van der Waals surface area contributed by atoms with Gasteiger partial charge < -0.3 is 14.5 Å². The monoisotopic (exact) mass is 363 g/mol. The van der Waals surface area contributed by atoms with E-state index < -0.39 is 0 Å². The maximum absolute atomic E-state index is 13.4. The number of hydrogen-bond donors (Lipinski definition) is 0. The summed E-state index contributed by atoms with van der Waals surface area (Å²) < 4.78 is 18.6. The molecule has 0 radical (unpaired) electrons. The SMILES string of the molecule is COc1ccc(F)cc1CC(=O)N1CC(CN2CCN(C(C)=O)CC2)C1. The Balaban J connectivity index is 1.43. The molecule has 6 nitrogen and oxygen atoms in total. The van der Waals surface area contributed by atoms with Crippen molar-refractivity contribution in [3.63, 3.8) is 0 Å². The Morgan fingerprint density at radius 3 is 2.46 bits per heavy atom. The van der Waals surface area contributed by atoms with E-state index in [1.807, 2.05) is 9.80 Å². The Morgan fingerprint density at radius 2 is 1.85 bits per heavy atom. The molecule has 0 spiro atoms. The number of piperazine rings is 1. The highest BCUT2D eigenvalue weighted by Gasteiger charge is 2.32. The second-order valence-electron chi connectivity index (χ2n) is 7.10. The van der Waals surface area contributed by atoms with E-state index in [1.54, 1.807) is 13.0 Å². The smallest absolute Gasteiger partial charge is 0.227 e. The molecule has 3 rings (SSSR count). The third kappa shape index (κ3) is 4.33. The quantitative estimate of drug-likeness (QED) is 0.783. The summed E-state index contributed by atoms with van der Waals surface area (Å²) in [5.41, 5.74) is 0.585. The number of methoxy groups -OCH3 is 1. The van der Waals surface area contributed by atoms with Crippen LogP contribution in [0.2, 0.25) is 0 Å². The third-order valence-corrected chi connectivity index (χ3v) is 5.23. The van der Waals surface area contributed by atoms with Crippen molar-refractivity contribution >= 4 is 11.8 Å². The van der Waals surface area contributed by atoms with Gasteiger partial charge in [0.05, 0.1) is 13.5 Å². The second-order valence-corrected chi connectivity index (χ2v) is 7.10. The molecule has 1 aromatic carbocycles. The maximum Gasteiger partial charge on any atom is 0.227 e. The standard InChI is InChI=1S/C19H26FN3O3/c1-14(24)22-7-5-21(6-8-22)11-15-12-23(13-15)19(25)10-16-9-17(20)3-4-18(16)26-2/h3-4,9,15H,5-8,10-13H2,1-2H3. The lowest BCUT2D eigenvalue weighted by Gasteiger charge is -2.43. The van der Waals surface area contributed by atoms with Crippen molar-refractivity contribution in [3.05, 3.63) is 29.6 Å². The van der Waals surface area contributed by atoms with Gasteiger partial charge in [-0.3, -0.25) is 14.5 Å². The van der Waals surface area contributed by atoms with Crippen LogP contribution in [0.15, 0.2) is 18.2 Å². The summed E-state index contributed by atoms with van der Waals surface area (Å²) >= 11 is 0. The highest BCUT2D eigenvalue weighted by molar-refractivity contribution is 5.80. The molecular weight excluding hydrogens is 337 g/mol. The molecule has 0 bridgehead atoms. The van der Waals surface area contributed by atoms with E-state index in [-0.39, 0.29) is 24.1 Å². The van der Waals surface area contributed by atoms with E-state index in [4.69, 9.17) is 4.74 Å². The van der Waals surface area contributed by atoms with E-state index in [1.165, 1.54) is 19.2 Å². The predicted molar refractivity (Wildman–Crippen MR) is 95.4 cm³/mol.